The molecule has 152 valence electrons. The molecule has 0 bridgehead atoms. The molecule has 0 aromatic heterocycles. The predicted molar refractivity (Wildman–Crippen MR) is 116 cm³/mol. The number of hydrogen-bond donors (Lipinski definition) is 1. The lowest BCUT2D eigenvalue weighted by molar-refractivity contribution is -0.125. The van der Waals surface area contributed by atoms with Crippen molar-refractivity contribution in [2.45, 2.75) is 25.3 Å². The standard InChI is InChI=1S/C24H29N3O2/c1-29-20-10-8-19(9-11-20)26-12-13-27-22-5-3-2-4-18(22)14-21(23(27)16-26)24(28)25-15-17-6-7-17/h2-5,8-11,17,21,23H,6-7,12-16H2,1H3,(H,25,28)/t21-,23+/m1/s1. The van der Waals surface area contributed by atoms with Gasteiger partial charge in [0.2, 0.25) is 5.91 Å². The molecule has 1 N–H and O–H groups in total. The SMILES string of the molecule is COc1ccc(N2CCN3c4ccccc4C[C@@H](C(=O)NCC4CC4)[C@@H]3C2)cc1. The highest BCUT2D eigenvalue weighted by atomic mass is 16.5. The van der Waals surface area contributed by atoms with Crippen molar-refractivity contribution < 1.29 is 9.53 Å². The van der Waals surface area contributed by atoms with Crippen molar-refractivity contribution in [2.75, 3.05) is 43.1 Å². The average molecular weight is 392 g/mol. The first-order valence-electron chi connectivity index (χ1n) is 10.7. The van der Waals surface area contributed by atoms with Gasteiger partial charge < -0.3 is 19.9 Å². The van der Waals surface area contributed by atoms with E-state index in [9.17, 15) is 4.79 Å². The van der Waals surface area contributed by atoms with Gasteiger partial charge in [0.15, 0.2) is 0 Å². The number of hydrogen-bond acceptors (Lipinski definition) is 4. The Balaban J connectivity index is 1.39. The van der Waals surface area contributed by atoms with Crippen LogP contribution in [0.4, 0.5) is 11.4 Å². The Hall–Kier alpha value is -2.69. The molecule has 5 nitrogen and oxygen atoms in total. The van der Waals surface area contributed by atoms with Crippen molar-refractivity contribution >= 4 is 17.3 Å². The molecule has 0 spiro atoms. The molecular weight excluding hydrogens is 362 g/mol. The van der Waals surface area contributed by atoms with E-state index < -0.39 is 0 Å². The van der Waals surface area contributed by atoms with Crippen LogP contribution in [0.2, 0.25) is 0 Å². The molecule has 2 aliphatic heterocycles. The van der Waals surface area contributed by atoms with Crippen LogP contribution in [0.3, 0.4) is 0 Å². The van der Waals surface area contributed by atoms with Crippen molar-refractivity contribution in [3.05, 3.63) is 54.1 Å². The fourth-order valence-corrected chi connectivity index (χ4v) is 4.78. The number of carbonyl (C=O) groups excluding carboxylic acids is 1. The number of methoxy groups -OCH3 is 1. The Bertz CT molecular complexity index is 878. The van der Waals surface area contributed by atoms with Crippen LogP contribution >= 0.6 is 0 Å². The minimum absolute atomic E-state index is 0.00954. The second-order valence-electron chi connectivity index (χ2n) is 8.53. The summed E-state index contributed by atoms with van der Waals surface area (Å²) in [6.07, 6.45) is 3.34. The van der Waals surface area contributed by atoms with Crippen LogP contribution in [0.5, 0.6) is 5.75 Å². The largest absolute Gasteiger partial charge is 0.497 e. The molecule has 0 unspecified atom stereocenters. The predicted octanol–water partition coefficient (Wildman–Crippen LogP) is 3.09. The van der Waals surface area contributed by atoms with E-state index in [1.165, 1.54) is 29.8 Å². The first kappa shape index (κ1) is 18.3. The van der Waals surface area contributed by atoms with E-state index in [0.717, 1.165) is 38.3 Å². The maximum Gasteiger partial charge on any atom is 0.225 e. The lowest BCUT2D eigenvalue weighted by Gasteiger charge is -2.49. The van der Waals surface area contributed by atoms with Crippen LogP contribution in [-0.2, 0) is 11.2 Å². The van der Waals surface area contributed by atoms with Crippen LogP contribution in [0.1, 0.15) is 18.4 Å². The Morgan fingerprint density at radius 2 is 1.90 bits per heavy atom. The van der Waals surface area contributed by atoms with Gasteiger partial charge in [0.25, 0.3) is 0 Å². The Morgan fingerprint density at radius 3 is 2.66 bits per heavy atom. The molecule has 5 heteroatoms. The third-order valence-corrected chi connectivity index (χ3v) is 6.66. The minimum atomic E-state index is -0.00954. The van der Waals surface area contributed by atoms with E-state index in [0.29, 0.717) is 5.92 Å². The van der Waals surface area contributed by atoms with Crippen LogP contribution in [0, 0.1) is 11.8 Å². The molecule has 2 heterocycles. The Morgan fingerprint density at radius 1 is 1.10 bits per heavy atom. The lowest BCUT2D eigenvalue weighted by Crippen LogP contribution is -2.61. The first-order valence-corrected chi connectivity index (χ1v) is 10.7. The first-order chi connectivity index (χ1) is 14.2. The topological polar surface area (TPSA) is 44.8 Å². The number of carbonyl (C=O) groups is 1. The van der Waals surface area contributed by atoms with Crippen molar-refractivity contribution in [1.29, 1.82) is 0 Å². The zero-order valence-electron chi connectivity index (χ0n) is 17.0. The lowest BCUT2D eigenvalue weighted by atomic mass is 9.83. The number of para-hydroxylation sites is 1. The van der Waals surface area contributed by atoms with Gasteiger partial charge >= 0.3 is 0 Å². The molecule has 2 aromatic carbocycles. The van der Waals surface area contributed by atoms with E-state index >= 15 is 0 Å². The summed E-state index contributed by atoms with van der Waals surface area (Å²) in [5.74, 6) is 1.78. The maximum absolute atomic E-state index is 13.1. The van der Waals surface area contributed by atoms with Crippen LogP contribution < -0.4 is 19.9 Å². The van der Waals surface area contributed by atoms with Gasteiger partial charge in [-0.05, 0) is 61.1 Å². The van der Waals surface area contributed by atoms with E-state index in [4.69, 9.17) is 4.74 Å². The molecule has 2 atom stereocenters. The zero-order chi connectivity index (χ0) is 19.8. The molecule has 2 fully saturated rings. The zero-order valence-corrected chi connectivity index (χ0v) is 17.0. The third-order valence-electron chi connectivity index (χ3n) is 6.66. The quantitative estimate of drug-likeness (QED) is 0.851. The average Bonchev–Trinajstić information content (AvgIpc) is 3.61. The number of piperazine rings is 1. The maximum atomic E-state index is 13.1. The van der Waals surface area contributed by atoms with Crippen molar-refractivity contribution in [1.82, 2.24) is 5.32 Å². The fourth-order valence-electron chi connectivity index (χ4n) is 4.78. The summed E-state index contributed by atoms with van der Waals surface area (Å²) in [4.78, 5) is 18.0. The second-order valence-corrected chi connectivity index (χ2v) is 8.53. The highest BCUT2D eigenvalue weighted by Crippen LogP contribution is 2.37. The van der Waals surface area contributed by atoms with Gasteiger partial charge in [-0.15, -0.1) is 0 Å². The van der Waals surface area contributed by atoms with Gasteiger partial charge in [0.1, 0.15) is 5.75 Å². The molecule has 2 aromatic rings. The summed E-state index contributed by atoms with van der Waals surface area (Å²) in [5.41, 5.74) is 3.80. The summed E-state index contributed by atoms with van der Waals surface area (Å²) in [6, 6.07) is 17.0. The number of benzene rings is 2. The summed E-state index contributed by atoms with van der Waals surface area (Å²) in [7, 11) is 1.69. The monoisotopic (exact) mass is 391 g/mol. The summed E-state index contributed by atoms with van der Waals surface area (Å²) >= 11 is 0. The summed E-state index contributed by atoms with van der Waals surface area (Å²) in [5, 5.41) is 3.25. The van der Waals surface area contributed by atoms with E-state index in [2.05, 4.69) is 51.5 Å². The molecule has 0 radical (unpaired) electrons. The Labute approximate surface area is 172 Å². The number of nitrogens with zero attached hydrogens (tertiary/aromatic N) is 2. The second kappa shape index (κ2) is 7.62. The van der Waals surface area contributed by atoms with Crippen molar-refractivity contribution in [2.24, 2.45) is 11.8 Å². The van der Waals surface area contributed by atoms with Gasteiger partial charge in [0, 0.05) is 37.6 Å². The minimum Gasteiger partial charge on any atom is -0.497 e. The third kappa shape index (κ3) is 3.66. The van der Waals surface area contributed by atoms with Gasteiger partial charge in [-0.3, -0.25) is 4.79 Å². The van der Waals surface area contributed by atoms with Gasteiger partial charge in [-0.1, -0.05) is 18.2 Å². The van der Waals surface area contributed by atoms with E-state index in [-0.39, 0.29) is 17.9 Å². The summed E-state index contributed by atoms with van der Waals surface area (Å²) < 4.78 is 5.30. The van der Waals surface area contributed by atoms with E-state index in [1.807, 2.05) is 12.1 Å². The molecule has 5 rings (SSSR count). The number of nitrogens with one attached hydrogen (secondary N) is 1. The number of ether oxygens (including phenoxy) is 1. The molecule has 1 saturated heterocycles. The fraction of sp³-hybridized carbons (Fsp3) is 0.458. The number of amides is 1. The number of fused-ring (bicyclic) bond motifs is 3. The highest BCUT2D eigenvalue weighted by Gasteiger charge is 2.41. The smallest absolute Gasteiger partial charge is 0.225 e. The van der Waals surface area contributed by atoms with Gasteiger partial charge in [-0.25, -0.2) is 0 Å². The number of anilines is 2. The van der Waals surface area contributed by atoms with Crippen LogP contribution in [-0.4, -0.2) is 45.2 Å². The van der Waals surface area contributed by atoms with Crippen LogP contribution in [0.25, 0.3) is 0 Å². The summed E-state index contributed by atoms with van der Waals surface area (Å²) in [6.45, 7) is 3.59. The molecule has 1 saturated carbocycles. The van der Waals surface area contributed by atoms with Crippen molar-refractivity contribution in [3.8, 4) is 5.75 Å². The van der Waals surface area contributed by atoms with E-state index in [1.54, 1.807) is 7.11 Å². The van der Waals surface area contributed by atoms with Crippen molar-refractivity contribution in [3.63, 3.8) is 0 Å². The molecule has 3 aliphatic rings. The van der Waals surface area contributed by atoms with Gasteiger partial charge in [-0.2, -0.15) is 0 Å². The molecule has 29 heavy (non-hydrogen) atoms. The number of rotatable bonds is 5. The van der Waals surface area contributed by atoms with Crippen LogP contribution in [0.15, 0.2) is 48.5 Å². The molecular formula is C24H29N3O2. The molecule has 1 aliphatic carbocycles. The molecule has 1 amide bonds. The highest BCUT2D eigenvalue weighted by molar-refractivity contribution is 5.82. The van der Waals surface area contributed by atoms with Gasteiger partial charge in [0.05, 0.1) is 19.1 Å². The Kier molecular flexibility index (Phi) is 4.82. The normalized spacial score (nSPS) is 23.2.